The number of para-hydroxylation sites is 1. The first kappa shape index (κ1) is 15.7. The molecular weight excluding hydrogens is 339 g/mol. The minimum Gasteiger partial charge on any atom is -0.360 e. The van der Waals surface area contributed by atoms with Gasteiger partial charge in [0.15, 0.2) is 0 Å². The summed E-state index contributed by atoms with van der Waals surface area (Å²) < 4.78 is 13.3. The van der Waals surface area contributed by atoms with Crippen molar-refractivity contribution in [2.24, 2.45) is 0 Å². The van der Waals surface area contributed by atoms with Crippen LogP contribution in [0.1, 0.15) is 22.1 Å². The number of hydrogen-bond donors (Lipinski definition) is 1. The molecule has 1 aliphatic heterocycles. The van der Waals surface area contributed by atoms with Crippen LogP contribution in [0.2, 0.25) is 5.02 Å². The predicted molar refractivity (Wildman–Crippen MR) is 97.5 cm³/mol. The minimum absolute atomic E-state index is 0.161. The summed E-state index contributed by atoms with van der Waals surface area (Å²) in [6.07, 6.45) is -0.485. The SMILES string of the molecule is O=C1c2ccccc2N[C@@H](c2ccccc2Cl)N1c1ccc(F)cc1. The highest BCUT2D eigenvalue weighted by Gasteiger charge is 2.34. The highest BCUT2D eigenvalue weighted by Crippen LogP contribution is 2.38. The molecule has 1 amide bonds. The summed E-state index contributed by atoms with van der Waals surface area (Å²) in [5.41, 5.74) is 2.68. The van der Waals surface area contributed by atoms with Gasteiger partial charge in [0.2, 0.25) is 0 Å². The van der Waals surface area contributed by atoms with Crippen LogP contribution in [0.4, 0.5) is 15.8 Å². The molecule has 0 fully saturated rings. The average molecular weight is 353 g/mol. The van der Waals surface area contributed by atoms with E-state index >= 15 is 0 Å². The molecule has 0 unspecified atom stereocenters. The number of carbonyl (C=O) groups excluding carboxylic acids is 1. The number of halogens is 2. The Morgan fingerprint density at radius 2 is 1.60 bits per heavy atom. The quantitative estimate of drug-likeness (QED) is 0.683. The number of rotatable bonds is 2. The number of nitrogens with zero attached hydrogens (tertiary/aromatic N) is 1. The van der Waals surface area contributed by atoms with Crippen molar-refractivity contribution in [1.82, 2.24) is 0 Å². The average Bonchev–Trinajstić information content (AvgIpc) is 2.63. The number of benzene rings is 3. The Bertz CT molecular complexity index is 942. The van der Waals surface area contributed by atoms with Crippen LogP contribution in [0.5, 0.6) is 0 Å². The van der Waals surface area contributed by atoms with Crippen LogP contribution in [0.25, 0.3) is 0 Å². The van der Waals surface area contributed by atoms with E-state index in [4.69, 9.17) is 11.6 Å². The minimum atomic E-state index is -0.485. The van der Waals surface area contributed by atoms with E-state index in [1.807, 2.05) is 36.4 Å². The Hall–Kier alpha value is -2.85. The fourth-order valence-electron chi connectivity index (χ4n) is 3.04. The number of fused-ring (bicyclic) bond motifs is 1. The molecular formula is C20H14ClFN2O. The van der Waals surface area contributed by atoms with Gasteiger partial charge in [0.25, 0.3) is 5.91 Å². The zero-order valence-electron chi connectivity index (χ0n) is 13.1. The molecule has 0 spiro atoms. The zero-order chi connectivity index (χ0) is 17.4. The van der Waals surface area contributed by atoms with Gasteiger partial charge in [-0.2, -0.15) is 0 Å². The Balaban J connectivity index is 1.89. The summed E-state index contributed by atoms with van der Waals surface area (Å²) in [5, 5.41) is 3.93. The summed E-state index contributed by atoms with van der Waals surface area (Å²) >= 11 is 6.37. The second kappa shape index (κ2) is 6.22. The van der Waals surface area contributed by atoms with Gasteiger partial charge in [-0.1, -0.05) is 41.9 Å². The van der Waals surface area contributed by atoms with E-state index in [1.54, 1.807) is 29.2 Å². The van der Waals surface area contributed by atoms with Crippen LogP contribution in [0.15, 0.2) is 72.8 Å². The molecule has 1 N–H and O–H groups in total. The lowest BCUT2D eigenvalue weighted by atomic mass is 10.0. The summed E-state index contributed by atoms with van der Waals surface area (Å²) in [6, 6.07) is 20.5. The molecule has 0 aromatic heterocycles. The Labute approximate surface area is 149 Å². The van der Waals surface area contributed by atoms with Crippen molar-refractivity contribution < 1.29 is 9.18 Å². The molecule has 124 valence electrons. The van der Waals surface area contributed by atoms with Crippen molar-refractivity contribution in [2.45, 2.75) is 6.17 Å². The molecule has 1 heterocycles. The standard InChI is InChI=1S/C20H14ClFN2O/c21-17-7-3-1-5-15(17)19-23-18-8-4-2-6-16(18)20(25)24(19)14-11-9-13(22)10-12-14/h1-12,19,23H/t19-/m1/s1. The van der Waals surface area contributed by atoms with Crippen molar-refractivity contribution in [1.29, 1.82) is 0 Å². The molecule has 1 atom stereocenters. The Morgan fingerprint density at radius 1 is 0.920 bits per heavy atom. The summed E-state index contributed by atoms with van der Waals surface area (Å²) in [6.45, 7) is 0. The van der Waals surface area contributed by atoms with E-state index in [1.165, 1.54) is 12.1 Å². The molecule has 0 aliphatic carbocycles. The summed E-state index contributed by atoms with van der Waals surface area (Å²) in [5.74, 6) is -0.512. The van der Waals surface area contributed by atoms with Gasteiger partial charge in [-0.15, -0.1) is 0 Å². The molecule has 4 rings (SSSR count). The maximum Gasteiger partial charge on any atom is 0.262 e. The first-order valence-corrected chi connectivity index (χ1v) is 8.22. The lowest BCUT2D eigenvalue weighted by molar-refractivity contribution is 0.0975. The normalized spacial score (nSPS) is 16.3. The van der Waals surface area contributed by atoms with Crippen LogP contribution < -0.4 is 10.2 Å². The van der Waals surface area contributed by atoms with E-state index < -0.39 is 6.17 Å². The monoisotopic (exact) mass is 352 g/mol. The molecule has 3 nitrogen and oxygen atoms in total. The van der Waals surface area contributed by atoms with Gasteiger partial charge in [0.1, 0.15) is 12.0 Å². The molecule has 3 aromatic carbocycles. The van der Waals surface area contributed by atoms with Gasteiger partial charge in [0.05, 0.1) is 5.56 Å². The maximum absolute atomic E-state index is 13.3. The highest BCUT2D eigenvalue weighted by molar-refractivity contribution is 6.31. The number of hydrogen-bond acceptors (Lipinski definition) is 2. The number of nitrogens with one attached hydrogen (secondary N) is 1. The third-order valence-corrected chi connectivity index (χ3v) is 4.58. The van der Waals surface area contributed by atoms with Crippen molar-refractivity contribution in [3.05, 3.63) is 94.8 Å². The molecule has 5 heteroatoms. The van der Waals surface area contributed by atoms with Gasteiger partial charge in [-0.05, 0) is 42.5 Å². The number of carbonyl (C=O) groups is 1. The van der Waals surface area contributed by atoms with Crippen molar-refractivity contribution in [3.8, 4) is 0 Å². The summed E-state index contributed by atoms with van der Waals surface area (Å²) in [7, 11) is 0. The zero-order valence-corrected chi connectivity index (χ0v) is 13.9. The first-order chi connectivity index (χ1) is 12.1. The van der Waals surface area contributed by atoms with E-state index in [9.17, 15) is 9.18 Å². The van der Waals surface area contributed by atoms with Crippen LogP contribution in [0, 0.1) is 5.82 Å². The molecule has 3 aromatic rings. The topological polar surface area (TPSA) is 32.3 Å². The number of anilines is 2. The third-order valence-electron chi connectivity index (χ3n) is 4.23. The van der Waals surface area contributed by atoms with Crippen LogP contribution in [0.3, 0.4) is 0 Å². The Kier molecular flexibility index (Phi) is 3.90. The lowest BCUT2D eigenvalue weighted by Crippen LogP contribution is -2.43. The van der Waals surface area contributed by atoms with Gasteiger partial charge < -0.3 is 5.32 Å². The largest absolute Gasteiger partial charge is 0.360 e. The van der Waals surface area contributed by atoms with E-state index in [-0.39, 0.29) is 11.7 Å². The molecule has 0 saturated carbocycles. The second-order valence-electron chi connectivity index (χ2n) is 5.77. The van der Waals surface area contributed by atoms with Gasteiger partial charge in [-0.25, -0.2) is 4.39 Å². The highest BCUT2D eigenvalue weighted by atomic mass is 35.5. The van der Waals surface area contributed by atoms with Crippen molar-refractivity contribution >= 4 is 28.9 Å². The van der Waals surface area contributed by atoms with Crippen LogP contribution in [-0.2, 0) is 0 Å². The molecule has 0 radical (unpaired) electrons. The van der Waals surface area contributed by atoms with Crippen LogP contribution in [-0.4, -0.2) is 5.91 Å². The van der Waals surface area contributed by atoms with Gasteiger partial charge >= 0.3 is 0 Å². The van der Waals surface area contributed by atoms with E-state index in [0.29, 0.717) is 16.3 Å². The van der Waals surface area contributed by atoms with Crippen molar-refractivity contribution in [3.63, 3.8) is 0 Å². The lowest BCUT2D eigenvalue weighted by Gasteiger charge is -2.38. The second-order valence-corrected chi connectivity index (χ2v) is 6.17. The maximum atomic E-state index is 13.3. The van der Waals surface area contributed by atoms with E-state index in [0.717, 1.165) is 11.3 Å². The fourth-order valence-corrected chi connectivity index (χ4v) is 3.28. The fraction of sp³-hybridized carbons (Fsp3) is 0.0500. The third kappa shape index (κ3) is 2.75. The van der Waals surface area contributed by atoms with Gasteiger partial charge in [0, 0.05) is 22.0 Å². The van der Waals surface area contributed by atoms with E-state index in [2.05, 4.69) is 5.32 Å². The number of amides is 1. The smallest absolute Gasteiger partial charge is 0.262 e. The summed E-state index contributed by atoms with van der Waals surface area (Å²) in [4.78, 5) is 14.7. The molecule has 0 bridgehead atoms. The molecule has 0 saturated heterocycles. The van der Waals surface area contributed by atoms with Gasteiger partial charge in [-0.3, -0.25) is 9.69 Å². The Morgan fingerprint density at radius 3 is 2.36 bits per heavy atom. The van der Waals surface area contributed by atoms with Crippen LogP contribution >= 0.6 is 11.6 Å². The molecule has 25 heavy (non-hydrogen) atoms. The first-order valence-electron chi connectivity index (χ1n) is 7.84. The van der Waals surface area contributed by atoms with Crippen molar-refractivity contribution in [2.75, 3.05) is 10.2 Å². The molecule has 1 aliphatic rings. The predicted octanol–water partition coefficient (Wildman–Crippen LogP) is 5.25.